The highest BCUT2D eigenvalue weighted by Crippen LogP contribution is 2.28. The second-order valence-corrected chi connectivity index (χ2v) is 7.55. The molecule has 5 heteroatoms. The van der Waals surface area contributed by atoms with E-state index >= 15 is 0 Å². The van der Waals surface area contributed by atoms with Gasteiger partial charge in [-0.25, -0.2) is 0 Å². The first-order chi connectivity index (χ1) is 14.1. The number of carbonyl (C=O) groups is 2. The lowest BCUT2D eigenvalue weighted by molar-refractivity contribution is -0.123. The van der Waals surface area contributed by atoms with E-state index in [-0.39, 0.29) is 18.4 Å². The summed E-state index contributed by atoms with van der Waals surface area (Å²) < 4.78 is 2.12. The molecule has 2 heterocycles. The Bertz CT molecular complexity index is 1270. The number of hydrogen-bond donors (Lipinski definition) is 1. The number of hydrogen-bond acceptors (Lipinski definition) is 2. The van der Waals surface area contributed by atoms with Crippen molar-refractivity contribution in [2.75, 3.05) is 19.6 Å². The van der Waals surface area contributed by atoms with Crippen molar-refractivity contribution < 1.29 is 9.59 Å². The standard InChI is InChI=1S/C24H21N3O2/c1-26-10-8-20-13-19(6-7-22(20)26)16-2-3-18-14-21(5-4-17(18)12-16)24(29)27-11-9-25-23(28)15-27/h2-8,10,12-14H,9,11,15H2,1H3,(H,25,28). The smallest absolute Gasteiger partial charge is 0.254 e. The highest BCUT2D eigenvalue weighted by atomic mass is 16.2. The number of benzene rings is 3. The van der Waals surface area contributed by atoms with Crippen molar-refractivity contribution in [1.82, 2.24) is 14.8 Å². The van der Waals surface area contributed by atoms with Gasteiger partial charge in [0.15, 0.2) is 0 Å². The predicted octanol–water partition coefficient (Wildman–Crippen LogP) is 3.57. The fourth-order valence-electron chi connectivity index (χ4n) is 4.01. The molecule has 0 radical (unpaired) electrons. The molecule has 0 unspecified atom stereocenters. The van der Waals surface area contributed by atoms with Crippen molar-refractivity contribution in [3.63, 3.8) is 0 Å². The topological polar surface area (TPSA) is 54.3 Å². The number of nitrogens with one attached hydrogen (secondary N) is 1. The van der Waals surface area contributed by atoms with Gasteiger partial charge in [0.05, 0.1) is 6.54 Å². The van der Waals surface area contributed by atoms with Crippen molar-refractivity contribution in [2.45, 2.75) is 0 Å². The zero-order valence-corrected chi connectivity index (χ0v) is 16.2. The van der Waals surface area contributed by atoms with Gasteiger partial charge in [0.1, 0.15) is 0 Å². The monoisotopic (exact) mass is 383 g/mol. The minimum atomic E-state index is -0.106. The van der Waals surface area contributed by atoms with Crippen molar-refractivity contribution in [1.29, 1.82) is 0 Å². The van der Waals surface area contributed by atoms with Crippen molar-refractivity contribution in [2.24, 2.45) is 7.05 Å². The highest BCUT2D eigenvalue weighted by Gasteiger charge is 2.22. The summed E-state index contributed by atoms with van der Waals surface area (Å²) in [5.74, 6) is -0.203. The molecule has 3 aromatic carbocycles. The number of carbonyl (C=O) groups excluding carboxylic acids is 2. The lowest BCUT2D eigenvalue weighted by Crippen LogP contribution is -2.49. The van der Waals surface area contributed by atoms with Crippen LogP contribution in [-0.2, 0) is 11.8 Å². The number of rotatable bonds is 2. The Morgan fingerprint density at radius 3 is 2.45 bits per heavy atom. The SMILES string of the molecule is Cn1ccc2cc(-c3ccc4cc(C(=O)N5CCNC(=O)C5)ccc4c3)ccc21. The molecule has 2 amide bonds. The Hall–Kier alpha value is -3.60. The third kappa shape index (κ3) is 3.14. The number of piperazine rings is 1. The predicted molar refractivity (Wildman–Crippen MR) is 115 cm³/mol. The molecule has 0 spiro atoms. The molecule has 1 aromatic heterocycles. The van der Waals surface area contributed by atoms with E-state index in [1.807, 2.05) is 25.2 Å². The van der Waals surface area contributed by atoms with Gasteiger partial charge >= 0.3 is 0 Å². The first kappa shape index (κ1) is 17.5. The van der Waals surface area contributed by atoms with Gasteiger partial charge in [-0.1, -0.05) is 24.3 Å². The molecular weight excluding hydrogens is 362 g/mol. The van der Waals surface area contributed by atoms with Gasteiger partial charge in [-0.2, -0.15) is 0 Å². The number of aryl methyl sites for hydroxylation is 1. The van der Waals surface area contributed by atoms with Crippen LogP contribution in [0.1, 0.15) is 10.4 Å². The van der Waals surface area contributed by atoms with E-state index in [0.29, 0.717) is 18.7 Å². The van der Waals surface area contributed by atoms with E-state index in [4.69, 9.17) is 0 Å². The molecule has 1 fully saturated rings. The molecule has 29 heavy (non-hydrogen) atoms. The summed E-state index contributed by atoms with van der Waals surface area (Å²) in [5, 5.41) is 6.07. The Balaban J connectivity index is 1.47. The average molecular weight is 383 g/mol. The minimum absolute atomic E-state index is 0.0969. The molecule has 0 atom stereocenters. The van der Waals surface area contributed by atoms with Gasteiger partial charge in [0.25, 0.3) is 5.91 Å². The summed E-state index contributed by atoms with van der Waals surface area (Å²) in [6.45, 7) is 1.18. The zero-order valence-electron chi connectivity index (χ0n) is 16.2. The maximum atomic E-state index is 12.7. The molecule has 0 bridgehead atoms. The molecule has 0 aliphatic carbocycles. The van der Waals surface area contributed by atoms with E-state index in [1.165, 1.54) is 16.5 Å². The van der Waals surface area contributed by atoms with Crippen LogP contribution in [0, 0.1) is 0 Å². The van der Waals surface area contributed by atoms with Gasteiger partial charge in [0.2, 0.25) is 5.91 Å². The first-order valence-corrected chi connectivity index (χ1v) is 9.74. The second-order valence-electron chi connectivity index (χ2n) is 7.55. The lowest BCUT2D eigenvalue weighted by atomic mass is 9.99. The van der Waals surface area contributed by atoms with E-state index < -0.39 is 0 Å². The molecular formula is C24H21N3O2. The van der Waals surface area contributed by atoms with Crippen LogP contribution >= 0.6 is 0 Å². The Morgan fingerprint density at radius 2 is 1.62 bits per heavy atom. The summed E-state index contributed by atoms with van der Waals surface area (Å²) in [6.07, 6.45) is 2.07. The van der Waals surface area contributed by atoms with Gasteiger partial charge < -0.3 is 14.8 Å². The van der Waals surface area contributed by atoms with E-state index in [9.17, 15) is 9.59 Å². The number of aromatic nitrogens is 1. The van der Waals surface area contributed by atoms with Crippen molar-refractivity contribution in [3.8, 4) is 11.1 Å². The van der Waals surface area contributed by atoms with E-state index in [2.05, 4.69) is 58.5 Å². The normalized spacial score (nSPS) is 14.4. The average Bonchev–Trinajstić information content (AvgIpc) is 3.12. The van der Waals surface area contributed by atoms with E-state index in [1.54, 1.807) is 4.90 Å². The fraction of sp³-hybridized carbons (Fsp3) is 0.167. The number of amides is 2. The van der Waals surface area contributed by atoms with Crippen LogP contribution < -0.4 is 5.32 Å². The van der Waals surface area contributed by atoms with Crippen LogP contribution in [0.4, 0.5) is 0 Å². The molecule has 0 saturated carbocycles. The quantitative estimate of drug-likeness (QED) is 0.575. The molecule has 1 saturated heterocycles. The molecule has 1 aliphatic heterocycles. The van der Waals surface area contributed by atoms with E-state index in [0.717, 1.165) is 16.3 Å². The second kappa shape index (κ2) is 6.78. The summed E-state index contributed by atoms with van der Waals surface area (Å²) in [6, 6.07) is 20.7. The van der Waals surface area contributed by atoms with Gasteiger partial charge in [-0.3, -0.25) is 9.59 Å². The van der Waals surface area contributed by atoms with Gasteiger partial charge in [-0.05, 0) is 58.3 Å². The van der Waals surface area contributed by atoms with Crippen LogP contribution in [0.3, 0.4) is 0 Å². The van der Waals surface area contributed by atoms with Gasteiger partial charge in [0, 0.05) is 42.8 Å². The summed E-state index contributed by atoms with van der Waals surface area (Å²) in [4.78, 5) is 25.9. The highest BCUT2D eigenvalue weighted by molar-refractivity contribution is 6.01. The zero-order chi connectivity index (χ0) is 20.0. The number of nitrogens with zero attached hydrogens (tertiary/aromatic N) is 2. The van der Waals surface area contributed by atoms with Crippen molar-refractivity contribution in [3.05, 3.63) is 72.4 Å². The van der Waals surface area contributed by atoms with Crippen LogP contribution in [0.5, 0.6) is 0 Å². The van der Waals surface area contributed by atoms with Crippen LogP contribution in [-0.4, -0.2) is 40.9 Å². The Labute approximate surface area is 168 Å². The van der Waals surface area contributed by atoms with Crippen LogP contribution in [0.15, 0.2) is 66.9 Å². The van der Waals surface area contributed by atoms with Gasteiger partial charge in [-0.15, -0.1) is 0 Å². The molecule has 1 aliphatic rings. The maximum Gasteiger partial charge on any atom is 0.254 e. The summed E-state index contributed by atoms with van der Waals surface area (Å²) >= 11 is 0. The molecule has 5 rings (SSSR count). The van der Waals surface area contributed by atoms with Crippen LogP contribution in [0.25, 0.3) is 32.8 Å². The maximum absolute atomic E-state index is 12.7. The van der Waals surface area contributed by atoms with Crippen molar-refractivity contribution >= 4 is 33.5 Å². The molecule has 144 valence electrons. The molecule has 1 N–H and O–H groups in total. The van der Waals surface area contributed by atoms with Crippen LogP contribution in [0.2, 0.25) is 0 Å². The Morgan fingerprint density at radius 1 is 0.897 bits per heavy atom. The lowest BCUT2D eigenvalue weighted by Gasteiger charge is -2.26. The summed E-state index contributed by atoms with van der Waals surface area (Å²) in [7, 11) is 2.05. The third-order valence-electron chi connectivity index (χ3n) is 5.63. The summed E-state index contributed by atoms with van der Waals surface area (Å²) in [5.41, 5.74) is 4.15. The third-order valence-corrected chi connectivity index (χ3v) is 5.63. The first-order valence-electron chi connectivity index (χ1n) is 9.74. The molecule has 4 aromatic rings. The molecule has 5 nitrogen and oxygen atoms in total. The number of fused-ring (bicyclic) bond motifs is 2. The largest absolute Gasteiger partial charge is 0.353 e. The Kier molecular flexibility index (Phi) is 4.09. The minimum Gasteiger partial charge on any atom is -0.353 e. The fourth-order valence-corrected chi connectivity index (χ4v) is 4.01.